The molecule has 1 aromatic heterocycles. The zero-order valence-electron chi connectivity index (χ0n) is 19.5. The van der Waals surface area contributed by atoms with Gasteiger partial charge in [-0.25, -0.2) is 9.67 Å². The number of hydrogen-bond donors (Lipinski definition) is 0. The maximum absolute atomic E-state index is 6.39. The number of para-hydroxylation sites is 1. The second kappa shape index (κ2) is 11.2. The predicted octanol–water partition coefficient (Wildman–Crippen LogP) is 7.52. The Balaban J connectivity index is 1.57. The monoisotopic (exact) mass is 556 g/mol. The molecule has 0 unspecified atom stereocenters. The summed E-state index contributed by atoms with van der Waals surface area (Å²) >= 11 is 20.4. The van der Waals surface area contributed by atoms with Crippen molar-refractivity contribution in [2.45, 2.75) is 6.92 Å². The molecule has 0 amide bonds. The molecule has 0 radical (unpaired) electrons. The molecule has 2 heterocycles. The Morgan fingerprint density at radius 3 is 2.36 bits per heavy atom. The molecule has 1 aliphatic heterocycles. The van der Waals surface area contributed by atoms with E-state index in [1.54, 1.807) is 6.07 Å². The number of halogens is 3. The average molecular weight is 558 g/mol. The Kier molecular flexibility index (Phi) is 7.79. The Morgan fingerprint density at radius 2 is 1.64 bits per heavy atom. The van der Waals surface area contributed by atoms with E-state index in [0.29, 0.717) is 25.6 Å². The molecule has 1 aliphatic rings. The van der Waals surface area contributed by atoms with Gasteiger partial charge in [0.2, 0.25) is 4.80 Å². The van der Waals surface area contributed by atoms with Crippen LogP contribution in [0, 0.1) is 0 Å². The van der Waals surface area contributed by atoms with E-state index in [2.05, 4.69) is 29.2 Å². The van der Waals surface area contributed by atoms with E-state index >= 15 is 0 Å². The van der Waals surface area contributed by atoms with Gasteiger partial charge in [0.05, 0.1) is 45.4 Å². The van der Waals surface area contributed by atoms with Crippen molar-refractivity contribution in [1.82, 2.24) is 4.68 Å². The van der Waals surface area contributed by atoms with Crippen LogP contribution in [0.1, 0.15) is 12.5 Å². The van der Waals surface area contributed by atoms with Gasteiger partial charge >= 0.3 is 0 Å². The Bertz CT molecular complexity index is 1470. The highest BCUT2D eigenvalue weighted by molar-refractivity contribution is 7.07. The van der Waals surface area contributed by atoms with Gasteiger partial charge in [0.15, 0.2) is 0 Å². The van der Waals surface area contributed by atoms with Gasteiger partial charge in [-0.2, -0.15) is 5.10 Å². The number of thiazole rings is 1. The molecule has 9 heteroatoms. The standard InChI is InChI=1S/C27H23Cl3N4OS/c1-18(19-6-9-21(10-7-19)33-12-14-35-15-13-33)32-34-26(20-8-11-22(28)24(30)16-20)17-36-27(34)31-25-5-3-2-4-23(25)29/h2-11,16-17H,12-15H2,1H3/b31-27?,32-18-. The van der Waals surface area contributed by atoms with E-state index in [4.69, 9.17) is 49.6 Å². The van der Waals surface area contributed by atoms with Crippen LogP contribution in [0.15, 0.2) is 82.2 Å². The van der Waals surface area contributed by atoms with Crippen molar-refractivity contribution in [2.24, 2.45) is 10.1 Å². The maximum Gasteiger partial charge on any atom is 0.211 e. The number of anilines is 1. The minimum absolute atomic E-state index is 0.482. The first-order chi connectivity index (χ1) is 17.5. The summed E-state index contributed by atoms with van der Waals surface area (Å²) < 4.78 is 7.30. The van der Waals surface area contributed by atoms with Gasteiger partial charge in [-0.05, 0) is 48.9 Å². The van der Waals surface area contributed by atoms with Crippen LogP contribution in [-0.4, -0.2) is 36.7 Å². The van der Waals surface area contributed by atoms with Crippen LogP contribution < -0.4 is 9.70 Å². The summed E-state index contributed by atoms with van der Waals surface area (Å²) in [5.74, 6) is 0. The predicted molar refractivity (Wildman–Crippen MR) is 152 cm³/mol. The lowest BCUT2D eigenvalue weighted by molar-refractivity contribution is 0.122. The topological polar surface area (TPSA) is 42.1 Å². The molecule has 3 aromatic carbocycles. The lowest BCUT2D eigenvalue weighted by Crippen LogP contribution is -2.36. The zero-order valence-corrected chi connectivity index (χ0v) is 22.6. The first kappa shape index (κ1) is 25.1. The molecule has 5 rings (SSSR count). The molecule has 5 nitrogen and oxygen atoms in total. The first-order valence-corrected chi connectivity index (χ1v) is 13.4. The summed E-state index contributed by atoms with van der Waals surface area (Å²) in [6.07, 6.45) is 0. The summed E-state index contributed by atoms with van der Waals surface area (Å²) in [5, 5.41) is 8.55. The van der Waals surface area contributed by atoms with E-state index in [-0.39, 0.29) is 0 Å². The van der Waals surface area contributed by atoms with Crippen LogP contribution in [0.4, 0.5) is 11.4 Å². The van der Waals surface area contributed by atoms with Crippen LogP contribution in [0.5, 0.6) is 0 Å². The molecule has 0 aliphatic carbocycles. The third-order valence-corrected chi connectivity index (χ3v) is 7.76. The molecule has 184 valence electrons. The fourth-order valence-corrected chi connectivity index (χ4v) is 5.23. The third-order valence-electron chi connectivity index (χ3n) is 5.88. The van der Waals surface area contributed by atoms with Crippen molar-refractivity contribution in [1.29, 1.82) is 0 Å². The van der Waals surface area contributed by atoms with Crippen LogP contribution in [0.3, 0.4) is 0 Å². The fourth-order valence-electron chi connectivity index (χ4n) is 3.92. The highest BCUT2D eigenvalue weighted by Crippen LogP contribution is 2.30. The van der Waals surface area contributed by atoms with Crippen molar-refractivity contribution in [3.63, 3.8) is 0 Å². The van der Waals surface area contributed by atoms with Gasteiger partial charge in [-0.3, -0.25) is 0 Å². The molecular weight excluding hydrogens is 535 g/mol. The van der Waals surface area contributed by atoms with E-state index in [1.807, 2.05) is 53.4 Å². The van der Waals surface area contributed by atoms with Crippen LogP contribution in [0.2, 0.25) is 15.1 Å². The van der Waals surface area contributed by atoms with Crippen LogP contribution in [0.25, 0.3) is 11.3 Å². The second-order valence-electron chi connectivity index (χ2n) is 8.24. The highest BCUT2D eigenvalue weighted by atomic mass is 35.5. The molecule has 1 saturated heterocycles. The van der Waals surface area contributed by atoms with Crippen molar-refractivity contribution < 1.29 is 4.74 Å². The number of ether oxygens (including phenoxy) is 1. The van der Waals surface area contributed by atoms with Crippen molar-refractivity contribution in [3.05, 3.63) is 97.5 Å². The van der Waals surface area contributed by atoms with Crippen LogP contribution in [-0.2, 0) is 4.74 Å². The highest BCUT2D eigenvalue weighted by Gasteiger charge is 2.13. The van der Waals surface area contributed by atoms with Gasteiger partial charge in [0.1, 0.15) is 0 Å². The summed E-state index contributed by atoms with van der Waals surface area (Å²) in [6, 6.07) is 21.5. The minimum Gasteiger partial charge on any atom is -0.378 e. The molecular formula is C27H23Cl3N4OS. The number of benzene rings is 3. The molecule has 0 N–H and O–H groups in total. The quantitative estimate of drug-likeness (QED) is 0.238. The van der Waals surface area contributed by atoms with E-state index in [0.717, 1.165) is 48.8 Å². The summed E-state index contributed by atoms with van der Waals surface area (Å²) in [4.78, 5) is 7.83. The number of nitrogens with zero attached hydrogens (tertiary/aromatic N) is 4. The van der Waals surface area contributed by atoms with Gasteiger partial charge in [-0.1, -0.05) is 65.1 Å². The molecule has 0 saturated carbocycles. The van der Waals surface area contributed by atoms with Gasteiger partial charge in [0.25, 0.3) is 0 Å². The normalized spacial score (nSPS) is 14.9. The maximum atomic E-state index is 6.39. The number of hydrogen-bond acceptors (Lipinski definition) is 5. The van der Waals surface area contributed by atoms with Crippen molar-refractivity contribution in [2.75, 3.05) is 31.2 Å². The van der Waals surface area contributed by atoms with Crippen LogP contribution >= 0.6 is 46.1 Å². The smallest absolute Gasteiger partial charge is 0.211 e. The SMILES string of the molecule is C/C(=N/n1c(-c2ccc(Cl)c(Cl)c2)csc1=Nc1ccccc1Cl)c1ccc(N2CCOCC2)cc1. The van der Waals surface area contributed by atoms with E-state index in [9.17, 15) is 0 Å². The fraction of sp³-hybridized carbons (Fsp3) is 0.185. The molecule has 4 aromatic rings. The van der Waals surface area contributed by atoms with E-state index < -0.39 is 0 Å². The molecule has 36 heavy (non-hydrogen) atoms. The van der Waals surface area contributed by atoms with Gasteiger partial charge < -0.3 is 9.64 Å². The second-order valence-corrected chi connectivity index (χ2v) is 10.3. The van der Waals surface area contributed by atoms with Gasteiger partial charge in [0, 0.05) is 29.7 Å². The lowest BCUT2D eigenvalue weighted by Gasteiger charge is -2.28. The first-order valence-electron chi connectivity index (χ1n) is 11.4. The Labute approximate surface area is 228 Å². The summed E-state index contributed by atoms with van der Waals surface area (Å²) in [5.41, 5.74) is 5.48. The number of morpholine rings is 1. The van der Waals surface area contributed by atoms with Crippen molar-refractivity contribution in [3.8, 4) is 11.3 Å². The van der Waals surface area contributed by atoms with Crippen molar-refractivity contribution >= 4 is 63.2 Å². The van der Waals surface area contributed by atoms with E-state index in [1.165, 1.54) is 17.0 Å². The molecule has 1 fully saturated rings. The summed E-state index contributed by atoms with van der Waals surface area (Å²) in [6.45, 7) is 5.30. The summed E-state index contributed by atoms with van der Waals surface area (Å²) in [7, 11) is 0. The molecule has 0 spiro atoms. The number of rotatable bonds is 5. The lowest BCUT2D eigenvalue weighted by atomic mass is 10.1. The third kappa shape index (κ3) is 5.53. The number of aromatic nitrogens is 1. The Morgan fingerprint density at radius 1 is 0.889 bits per heavy atom. The van der Waals surface area contributed by atoms with Gasteiger partial charge in [-0.15, -0.1) is 11.3 Å². The minimum atomic E-state index is 0.482. The molecule has 0 atom stereocenters. The average Bonchev–Trinajstić information content (AvgIpc) is 3.29. The zero-order chi connectivity index (χ0) is 25.1. The largest absolute Gasteiger partial charge is 0.378 e. The Hall–Kier alpha value is -2.61. The molecule has 0 bridgehead atoms.